The van der Waals surface area contributed by atoms with Crippen LogP contribution in [0.2, 0.25) is 0 Å². The summed E-state index contributed by atoms with van der Waals surface area (Å²) in [5, 5.41) is 39.5. The molecule has 7 N–H and O–H groups in total. The topological polar surface area (TPSA) is 256 Å². The van der Waals surface area contributed by atoms with Crippen molar-refractivity contribution in [2.75, 3.05) is 11.4 Å². The summed E-state index contributed by atoms with van der Waals surface area (Å²) in [7, 11) is 0. The maximum atomic E-state index is 12.8. The van der Waals surface area contributed by atoms with Gasteiger partial charge in [0.25, 0.3) is 11.5 Å². The van der Waals surface area contributed by atoms with Gasteiger partial charge in [0.2, 0.25) is 5.91 Å². The Hall–Kier alpha value is -6.45. The number of nitrogens with one attached hydrogen (secondary N) is 3. The molecule has 272 valence electrons. The second-order valence-corrected chi connectivity index (χ2v) is 10.7. The molecule has 0 fully saturated rings. The van der Waals surface area contributed by atoms with Crippen molar-refractivity contribution in [2.45, 2.75) is 57.4 Å². The number of aromatic nitrogens is 2. The fraction of sp³-hybridized carbons (Fsp3) is 0.312. The van der Waals surface area contributed by atoms with Crippen molar-refractivity contribution in [3.05, 3.63) is 69.8 Å². The highest BCUT2D eigenvalue weighted by Crippen LogP contribution is 2.20. The van der Waals surface area contributed by atoms with Gasteiger partial charge < -0.3 is 40.9 Å². The van der Waals surface area contributed by atoms with Gasteiger partial charge in [-0.2, -0.15) is 13.2 Å². The van der Waals surface area contributed by atoms with Gasteiger partial charge in [0.1, 0.15) is 17.9 Å². The van der Waals surface area contributed by atoms with Crippen molar-refractivity contribution in [3.63, 3.8) is 0 Å². The van der Waals surface area contributed by atoms with Gasteiger partial charge in [-0.15, -0.1) is 6.42 Å². The number of hydrogen-bond acceptors (Lipinski definition) is 9. The third kappa shape index (κ3) is 13.2. The van der Waals surface area contributed by atoms with E-state index >= 15 is 0 Å². The van der Waals surface area contributed by atoms with E-state index in [-0.39, 0.29) is 30.5 Å². The van der Waals surface area contributed by atoms with Crippen molar-refractivity contribution in [1.82, 2.24) is 20.6 Å². The Labute approximate surface area is 286 Å². The zero-order chi connectivity index (χ0) is 38.5. The Morgan fingerprint density at radius 1 is 0.922 bits per heavy atom. The second-order valence-electron chi connectivity index (χ2n) is 10.7. The first-order chi connectivity index (χ1) is 23.8. The smallest absolute Gasteiger partial charge is 0.481 e. The van der Waals surface area contributed by atoms with Crippen LogP contribution in [-0.4, -0.2) is 90.9 Å². The number of terminal acetylenes is 1. The van der Waals surface area contributed by atoms with Crippen LogP contribution in [0.25, 0.3) is 10.9 Å². The molecule has 3 aromatic rings. The summed E-state index contributed by atoms with van der Waals surface area (Å²) in [4.78, 5) is 88.8. The number of rotatable bonds is 15. The van der Waals surface area contributed by atoms with Crippen LogP contribution in [0.15, 0.2) is 47.3 Å². The van der Waals surface area contributed by atoms with E-state index in [1.807, 2.05) is 11.0 Å². The lowest BCUT2D eigenvalue weighted by atomic mass is 10.1. The van der Waals surface area contributed by atoms with Crippen LogP contribution >= 0.6 is 0 Å². The zero-order valence-electron chi connectivity index (χ0n) is 26.7. The maximum absolute atomic E-state index is 12.8. The summed E-state index contributed by atoms with van der Waals surface area (Å²) >= 11 is 0. The van der Waals surface area contributed by atoms with Crippen LogP contribution in [0.4, 0.5) is 18.9 Å². The molecular formula is C32H32F3N5O11. The van der Waals surface area contributed by atoms with Gasteiger partial charge in [-0.25, -0.2) is 19.4 Å². The molecule has 0 spiro atoms. The van der Waals surface area contributed by atoms with Crippen molar-refractivity contribution in [2.24, 2.45) is 0 Å². The average Bonchev–Trinajstić information content (AvgIpc) is 3.04. The molecule has 2 aromatic carbocycles. The molecule has 0 unspecified atom stereocenters. The van der Waals surface area contributed by atoms with Crippen molar-refractivity contribution in [1.29, 1.82) is 0 Å². The lowest BCUT2D eigenvalue weighted by molar-refractivity contribution is -0.192. The molecule has 0 saturated heterocycles. The zero-order valence-corrected chi connectivity index (χ0v) is 26.7. The number of H-pyrrole nitrogens is 1. The number of alkyl halides is 3. The van der Waals surface area contributed by atoms with E-state index < -0.39 is 66.8 Å². The quantitative estimate of drug-likeness (QED) is 0.111. The van der Waals surface area contributed by atoms with Crippen molar-refractivity contribution >= 4 is 52.3 Å². The first-order valence-corrected chi connectivity index (χ1v) is 14.7. The normalized spacial score (nSPS) is 11.9. The number of carbonyl (C=O) groups is 6. The summed E-state index contributed by atoms with van der Waals surface area (Å²) in [6.07, 6.45) is -1.10. The number of fused-ring (bicyclic) bond motifs is 1. The number of aromatic amines is 1. The van der Waals surface area contributed by atoms with E-state index in [1.54, 1.807) is 31.2 Å². The summed E-state index contributed by atoms with van der Waals surface area (Å²) in [6.45, 7) is 2.26. The Morgan fingerprint density at radius 3 is 2.02 bits per heavy atom. The Balaban J connectivity index is 0.00000116. The molecule has 19 heteroatoms. The molecule has 2 amide bonds. The van der Waals surface area contributed by atoms with Gasteiger partial charge >= 0.3 is 30.1 Å². The Bertz CT molecular complexity index is 1870. The fourth-order valence-corrected chi connectivity index (χ4v) is 4.36. The highest BCUT2D eigenvalue weighted by molar-refractivity contribution is 5.97. The number of amides is 2. The summed E-state index contributed by atoms with van der Waals surface area (Å²) < 4.78 is 31.7. The van der Waals surface area contributed by atoms with E-state index in [0.717, 1.165) is 5.56 Å². The third-order valence-corrected chi connectivity index (χ3v) is 6.82. The molecule has 3 rings (SSSR count). The SMILES string of the molecule is C#CCN(Cc1ccc2nc(C)[nH]c(=O)c2c1)c1ccc(C(=O)N[C@H](CCC(=O)N[C@H](CCC(=O)O)C(=O)O)C(=O)O)cc1.O=C(O)C(F)(F)F. The first kappa shape index (κ1) is 40.7. The molecule has 2 atom stereocenters. The number of aliphatic carboxylic acids is 4. The fourth-order valence-electron chi connectivity index (χ4n) is 4.36. The summed E-state index contributed by atoms with van der Waals surface area (Å²) in [5.41, 5.74) is 1.92. The molecule has 1 heterocycles. The predicted molar refractivity (Wildman–Crippen MR) is 172 cm³/mol. The standard InChI is InChI=1S/C30H31N5O9.C2HF3O2/c1-3-14-35(16-18-4-9-22-21(15-18)28(40)32-17(2)31-22)20-7-5-19(6-8-20)27(39)34-24(30(43)44)10-12-25(36)33-23(29(41)42)11-13-26(37)38;3-2(4,5)1(6)7/h1,4-9,15,23-24H,10-14,16H2,2H3,(H,33,36)(H,34,39)(H,37,38)(H,41,42)(H,43,44)(H,31,32,40);(H,6,7)/t23-,24-;/m1./s1. The molecule has 0 radical (unpaired) electrons. The van der Waals surface area contributed by atoms with Gasteiger partial charge in [0.15, 0.2) is 0 Å². The van der Waals surface area contributed by atoms with Gasteiger partial charge in [0.05, 0.1) is 17.4 Å². The molecule has 16 nitrogen and oxygen atoms in total. The largest absolute Gasteiger partial charge is 0.490 e. The highest BCUT2D eigenvalue weighted by atomic mass is 19.4. The number of benzene rings is 2. The van der Waals surface area contributed by atoms with E-state index in [0.29, 0.717) is 29.0 Å². The van der Waals surface area contributed by atoms with E-state index in [4.69, 9.17) is 21.4 Å². The summed E-state index contributed by atoms with van der Waals surface area (Å²) in [6, 6.07) is 8.65. The molecule has 0 saturated carbocycles. The maximum Gasteiger partial charge on any atom is 0.490 e. The molecule has 0 aliphatic rings. The number of nitrogens with zero attached hydrogens (tertiary/aromatic N) is 2. The molecule has 1 aromatic heterocycles. The third-order valence-electron chi connectivity index (χ3n) is 6.82. The minimum atomic E-state index is -5.08. The minimum Gasteiger partial charge on any atom is -0.481 e. The van der Waals surface area contributed by atoms with Crippen LogP contribution in [0.5, 0.6) is 0 Å². The van der Waals surface area contributed by atoms with E-state index in [2.05, 4.69) is 26.5 Å². The number of carboxylic acids is 4. The lowest BCUT2D eigenvalue weighted by Gasteiger charge is -2.23. The Kier molecular flexibility index (Phi) is 14.7. The highest BCUT2D eigenvalue weighted by Gasteiger charge is 2.38. The summed E-state index contributed by atoms with van der Waals surface area (Å²) in [5.74, 6) is -5.24. The van der Waals surface area contributed by atoms with Gasteiger partial charge in [-0.3, -0.25) is 19.2 Å². The Morgan fingerprint density at radius 2 is 1.49 bits per heavy atom. The molecular weight excluding hydrogens is 687 g/mol. The van der Waals surface area contributed by atoms with Gasteiger partial charge in [0, 0.05) is 30.6 Å². The molecule has 0 bridgehead atoms. The molecule has 0 aliphatic heterocycles. The van der Waals surface area contributed by atoms with E-state index in [9.17, 15) is 52.2 Å². The van der Waals surface area contributed by atoms with Crippen LogP contribution in [0, 0.1) is 19.3 Å². The predicted octanol–water partition coefficient (Wildman–Crippen LogP) is 1.90. The van der Waals surface area contributed by atoms with Gasteiger partial charge in [-0.05, 0) is 61.7 Å². The van der Waals surface area contributed by atoms with Crippen LogP contribution < -0.4 is 21.1 Å². The minimum absolute atomic E-state index is 0.142. The van der Waals surface area contributed by atoms with Crippen molar-refractivity contribution < 1.29 is 62.4 Å². The average molecular weight is 720 g/mol. The number of carbonyl (C=O) groups excluding carboxylic acids is 2. The number of hydrogen-bond donors (Lipinski definition) is 7. The first-order valence-electron chi connectivity index (χ1n) is 14.7. The van der Waals surface area contributed by atoms with Crippen LogP contribution in [-0.2, 0) is 30.5 Å². The van der Waals surface area contributed by atoms with Crippen molar-refractivity contribution in [3.8, 4) is 12.3 Å². The molecule has 51 heavy (non-hydrogen) atoms. The van der Waals surface area contributed by atoms with Crippen LogP contribution in [0.3, 0.4) is 0 Å². The van der Waals surface area contributed by atoms with E-state index in [1.165, 1.54) is 12.1 Å². The lowest BCUT2D eigenvalue weighted by Crippen LogP contribution is -2.44. The molecule has 0 aliphatic carbocycles. The van der Waals surface area contributed by atoms with Crippen LogP contribution in [0.1, 0.15) is 47.4 Å². The monoisotopic (exact) mass is 719 g/mol. The number of halogens is 3. The second kappa shape index (κ2) is 18.4. The number of carboxylic acid groups (broad SMARTS) is 4. The number of aryl methyl sites for hydroxylation is 1. The number of anilines is 1. The van der Waals surface area contributed by atoms with Gasteiger partial charge in [-0.1, -0.05) is 12.0 Å².